The highest BCUT2D eigenvalue weighted by Crippen LogP contribution is 2.36. The Labute approximate surface area is 119 Å². The molecule has 1 aliphatic rings. The highest BCUT2D eigenvalue weighted by Gasteiger charge is 2.51. The first-order valence-corrected chi connectivity index (χ1v) is 7.76. The van der Waals surface area contributed by atoms with Crippen molar-refractivity contribution in [2.24, 2.45) is 5.14 Å². The Morgan fingerprint density at radius 1 is 1.10 bits per heavy atom. The van der Waals surface area contributed by atoms with E-state index >= 15 is 0 Å². The molecule has 4 N–H and O–H groups in total. The van der Waals surface area contributed by atoms with Crippen LogP contribution in [0.2, 0.25) is 0 Å². The first kappa shape index (κ1) is 15.3. The van der Waals surface area contributed by atoms with Crippen LogP contribution in [-0.4, -0.2) is 26.7 Å². The van der Waals surface area contributed by atoms with E-state index in [1.54, 1.807) is 6.07 Å². The number of sulfonamides is 1. The van der Waals surface area contributed by atoms with Crippen LogP contribution in [0.3, 0.4) is 0 Å². The Morgan fingerprint density at radius 2 is 1.60 bits per heavy atom. The molecule has 1 aromatic carbocycles. The summed E-state index contributed by atoms with van der Waals surface area (Å²) in [6, 6.07) is 4.48. The third-order valence-electron chi connectivity index (χ3n) is 3.87. The predicted molar refractivity (Wildman–Crippen MR) is 77.9 cm³/mol. The quantitative estimate of drug-likeness (QED) is 0.600. The zero-order valence-electron chi connectivity index (χ0n) is 12.0. The molecule has 0 radical (unpaired) electrons. The van der Waals surface area contributed by atoms with Crippen molar-refractivity contribution in [3.63, 3.8) is 0 Å². The summed E-state index contributed by atoms with van der Waals surface area (Å²) in [6.45, 7) is 7.76. The molecule has 0 bridgehead atoms. The zero-order chi connectivity index (χ0) is 15.3. The maximum absolute atomic E-state index is 11.3. The fourth-order valence-corrected chi connectivity index (χ4v) is 2.60. The molecular formula is C12H19BN2O4S. The molecule has 8 heteroatoms. The summed E-state index contributed by atoms with van der Waals surface area (Å²) in [7, 11) is -4.41. The minimum atomic E-state index is -3.83. The van der Waals surface area contributed by atoms with Gasteiger partial charge >= 0.3 is 7.12 Å². The monoisotopic (exact) mass is 298 g/mol. The number of anilines is 1. The van der Waals surface area contributed by atoms with Crippen LogP contribution in [0.5, 0.6) is 0 Å². The summed E-state index contributed by atoms with van der Waals surface area (Å²) >= 11 is 0. The van der Waals surface area contributed by atoms with E-state index in [-0.39, 0.29) is 10.6 Å². The van der Waals surface area contributed by atoms with Gasteiger partial charge in [-0.05, 0) is 45.3 Å². The van der Waals surface area contributed by atoms with Crippen LogP contribution in [0.25, 0.3) is 0 Å². The number of rotatable bonds is 2. The van der Waals surface area contributed by atoms with Crippen LogP contribution in [0, 0.1) is 0 Å². The second-order valence-corrected chi connectivity index (χ2v) is 7.46. The maximum atomic E-state index is 11.3. The van der Waals surface area contributed by atoms with Gasteiger partial charge in [0.1, 0.15) is 4.90 Å². The van der Waals surface area contributed by atoms with Gasteiger partial charge in [0.25, 0.3) is 0 Å². The molecular weight excluding hydrogens is 279 g/mol. The van der Waals surface area contributed by atoms with E-state index in [1.165, 1.54) is 12.1 Å². The summed E-state index contributed by atoms with van der Waals surface area (Å²) in [6.07, 6.45) is 0. The topological polar surface area (TPSA) is 105 Å². The Balaban J connectivity index is 2.36. The van der Waals surface area contributed by atoms with Crippen molar-refractivity contribution in [2.45, 2.75) is 43.8 Å². The largest absolute Gasteiger partial charge is 0.494 e. The van der Waals surface area contributed by atoms with Crippen LogP contribution in [0.15, 0.2) is 23.1 Å². The average molecular weight is 298 g/mol. The van der Waals surface area contributed by atoms with Gasteiger partial charge in [-0.3, -0.25) is 0 Å². The third-order valence-corrected chi connectivity index (χ3v) is 4.85. The highest BCUT2D eigenvalue weighted by molar-refractivity contribution is 7.89. The van der Waals surface area contributed by atoms with E-state index in [0.29, 0.717) is 5.46 Å². The lowest BCUT2D eigenvalue weighted by Gasteiger charge is -2.32. The molecule has 0 unspecified atom stereocenters. The molecule has 20 heavy (non-hydrogen) atoms. The van der Waals surface area contributed by atoms with Gasteiger partial charge in [0.15, 0.2) is 0 Å². The lowest BCUT2D eigenvalue weighted by molar-refractivity contribution is 0.00578. The lowest BCUT2D eigenvalue weighted by atomic mass is 9.79. The maximum Gasteiger partial charge on any atom is 0.494 e. The smallest absolute Gasteiger partial charge is 0.399 e. The molecule has 0 saturated carbocycles. The van der Waals surface area contributed by atoms with E-state index in [1.807, 2.05) is 27.7 Å². The van der Waals surface area contributed by atoms with E-state index in [2.05, 4.69) is 0 Å². The first-order chi connectivity index (χ1) is 8.94. The SMILES string of the molecule is CC1(C)OB(c2ccc(S(N)(=O)=O)c(N)c2)OC1(C)C. The standard InChI is InChI=1S/C12H19BN2O4S/c1-11(2)12(3,4)19-13(18-11)8-5-6-10(9(14)7-8)20(15,16)17/h5-7H,14H2,1-4H3,(H2,15,16,17). The average Bonchev–Trinajstić information content (AvgIpc) is 2.46. The molecule has 2 rings (SSSR count). The van der Waals surface area contributed by atoms with E-state index in [0.717, 1.165) is 0 Å². The van der Waals surface area contributed by atoms with Gasteiger partial charge in [-0.15, -0.1) is 0 Å². The van der Waals surface area contributed by atoms with Gasteiger partial charge in [0.2, 0.25) is 10.0 Å². The van der Waals surface area contributed by atoms with Crippen molar-refractivity contribution < 1.29 is 17.7 Å². The highest BCUT2D eigenvalue weighted by atomic mass is 32.2. The molecule has 0 spiro atoms. The number of benzene rings is 1. The zero-order valence-corrected chi connectivity index (χ0v) is 12.8. The molecule has 1 fully saturated rings. The molecule has 1 heterocycles. The summed E-state index contributed by atoms with van der Waals surface area (Å²) < 4.78 is 34.4. The fourth-order valence-electron chi connectivity index (χ4n) is 1.95. The molecule has 1 aromatic rings. The van der Waals surface area contributed by atoms with Gasteiger partial charge in [0, 0.05) is 0 Å². The number of primary sulfonamides is 1. The van der Waals surface area contributed by atoms with Crippen molar-refractivity contribution in [3.05, 3.63) is 18.2 Å². The first-order valence-electron chi connectivity index (χ1n) is 6.22. The Kier molecular flexibility index (Phi) is 3.41. The van der Waals surface area contributed by atoms with Crippen LogP contribution in [0.1, 0.15) is 27.7 Å². The van der Waals surface area contributed by atoms with Crippen molar-refractivity contribution in [1.29, 1.82) is 0 Å². The minimum absolute atomic E-state index is 0.0831. The van der Waals surface area contributed by atoms with Crippen molar-refractivity contribution >= 4 is 28.3 Å². The molecule has 1 saturated heterocycles. The molecule has 0 atom stereocenters. The van der Waals surface area contributed by atoms with Crippen LogP contribution < -0.4 is 16.3 Å². The van der Waals surface area contributed by atoms with Gasteiger partial charge < -0.3 is 15.0 Å². The lowest BCUT2D eigenvalue weighted by Crippen LogP contribution is -2.41. The number of hydrogen-bond acceptors (Lipinski definition) is 5. The molecule has 0 amide bonds. The fraction of sp³-hybridized carbons (Fsp3) is 0.500. The Hall–Kier alpha value is -1.09. The molecule has 110 valence electrons. The van der Waals surface area contributed by atoms with Crippen molar-refractivity contribution in [2.75, 3.05) is 5.73 Å². The van der Waals surface area contributed by atoms with Crippen molar-refractivity contribution in [1.82, 2.24) is 0 Å². The Bertz CT molecular complexity index is 627. The summed E-state index contributed by atoms with van der Waals surface area (Å²) in [5.74, 6) is 0. The third kappa shape index (κ3) is 2.56. The van der Waals surface area contributed by atoms with Crippen molar-refractivity contribution in [3.8, 4) is 0 Å². The summed E-state index contributed by atoms with van der Waals surface area (Å²) in [4.78, 5) is -0.0993. The van der Waals surface area contributed by atoms with Crippen LogP contribution >= 0.6 is 0 Å². The van der Waals surface area contributed by atoms with Gasteiger partial charge in [-0.1, -0.05) is 6.07 Å². The van der Waals surface area contributed by atoms with Gasteiger partial charge in [0.05, 0.1) is 16.9 Å². The van der Waals surface area contributed by atoms with E-state index in [9.17, 15) is 8.42 Å². The second kappa shape index (κ2) is 4.46. The predicted octanol–water partition coefficient (Wildman–Crippen LogP) is 0.215. The summed E-state index contributed by atoms with van der Waals surface area (Å²) in [5, 5.41) is 5.08. The number of hydrogen-bond donors (Lipinski definition) is 2. The van der Waals surface area contributed by atoms with Crippen LogP contribution in [-0.2, 0) is 19.3 Å². The molecule has 0 aromatic heterocycles. The van der Waals surface area contributed by atoms with Crippen LogP contribution in [0.4, 0.5) is 5.69 Å². The van der Waals surface area contributed by atoms with E-state index < -0.39 is 28.3 Å². The molecule has 0 aliphatic carbocycles. The number of nitrogen functional groups attached to an aromatic ring is 1. The van der Waals surface area contributed by atoms with Gasteiger partial charge in [-0.25, -0.2) is 13.6 Å². The number of nitrogens with two attached hydrogens (primary N) is 2. The minimum Gasteiger partial charge on any atom is -0.399 e. The van der Waals surface area contributed by atoms with E-state index in [4.69, 9.17) is 20.2 Å². The normalized spacial score (nSPS) is 21.1. The van der Waals surface area contributed by atoms with Gasteiger partial charge in [-0.2, -0.15) is 0 Å². The molecule has 6 nitrogen and oxygen atoms in total. The second-order valence-electron chi connectivity index (χ2n) is 5.93. The summed E-state index contributed by atoms with van der Waals surface area (Å²) in [5.41, 5.74) is 5.55. The molecule has 1 aliphatic heterocycles. The Morgan fingerprint density at radius 3 is 2.00 bits per heavy atom.